The van der Waals surface area contributed by atoms with Gasteiger partial charge in [0.15, 0.2) is 11.3 Å². The van der Waals surface area contributed by atoms with Crippen LogP contribution in [0.2, 0.25) is 0 Å². The van der Waals surface area contributed by atoms with Crippen LogP contribution in [0.4, 0.5) is 0 Å². The molecule has 0 heterocycles. The second-order valence-electron chi connectivity index (χ2n) is 2.95. The Kier molecular flexibility index (Phi) is 5.06. The lowest BCUT2D eigenvalue weighted by molar-refractivity contribution is 0.217. The van der Waals surface area contributed by atoms with Crippen molar-refractivity contribution in [2.75, 3.05) is 13.7 Å². The fourth-order valence-corrected chi connectivity index (χ4v) is 1.49. The minimum Gasteiger partial charge on any atom is -0.495 e. The highest BCUT2D eigenvalue weighted by molar-refractivity contribution is 9.10. The summed E-state index contributed by atoms with van der Waals surface area (Å²) >= 11 is 3.33. The third-order valence-corrected chi connectivity index (χ3v) is 2.60. The Morgan fingerprint density at radius 2 is 1.94 bits per heavy atom. The van der Waals surface area contributed by atoms with E-state index in [0.29, 0.717) is 5.75 Å². The molecule has 1 aromatic carbocycles. The van der Waals surface area contributed by atoms with Gasteiger partial charge < -0.3 is 9.47 Å². The molecule has 0 aliphatic rings. The molecule has 86 valence electrons. The first-order chi connectivity index (χ1) is 8.22. The first-order valence-electron chi connectivity index (χ1n) is 4.67. The summed E-state index contributed by atoms with van der Waals surface area (Å²) in [6.45, 7) is 0.0373. The zero-order valence-corrected chi connectivity index (χ0v) is 10.7. The third-order valence-electron chi connectivity index (χ3n) is 1.94. The summed E-state index contributed by atoms with van der Waals surface area (Å²) in [5.41, 5.74) is -0.0837. The van der Waals surface area contributed by atoms with Gasteiger partial charge in [-0.25, -0.2) is 0 Å². The van der Waals surface area contributed by atoms with Crippen molar-refractivity contribution in [3.05, 3.63) is 40.1 Å². The number of hydrogen-bond acceptors (Lipinski definition) is 4. The van der Waals surface area contributed by atoms with Gasteiger partial charge in [-0.2, -0.15) is 10.5 Å². The molecule has 0 unspecified atom stereocenters. The van der Waals surface area contributed by atoms with Crippen molar-refractivity contribution in [3.8, 4) is 17.9 Å². The van der Waals surface area contributed by atoms with Crippen LogP contribution >= 0.6 is 15.9 Å². The number of nitrogens with zero attached hydrogens (tertiary/aromatic N) is 2. The molecule has 5 heteroatoms. The van der Waals surface area contributed by atoms with Crippen LogP contribution in [0.5, 0.6) is 5.75 Å². The Hall–Kier alpha value is -1.98. The highest BCUT2D eigenvalue weighted by Crippen LogP contribution is 2.24. The lowest BCUT2D eigenvalue weighted by Gasteiger charge is -2.09. The van der Waals surface area contributed by atoms with Gasteiger partial charge in [0.05, 0.1) is 11.6 Å². The van der Waals surface area contributed by atoms with Gasteiger partial charge in [-0.1, -0.05) is 12.1 Å². The van der Waals surface area contributed by atoms with Gasteiger partial charge in [0.1, 0.15) is 24.5 Å². The molecular weight excluding hydrogens is 284 g/mol. The standard InChI is InChI=1S/C12H9BrN2O2/c1-16-12(9(6-14)7-15)8-17-11-5-3-2-4-10(11)13/h2-5H,8H2,1H3. The second-order valence-corrected chi connectivity index (χ2v) is 3.80. The molecule has 0 aliphatic carbocycles. The molecule has 0 N–H and O–H groups in total. The molecule has 0 aromatic heterocycles. The Morgan fingerprint density at radius 1 is 1.29 bits per heavy atom. The molecule has 1 rings (SSSR count). The van der Waals surface area contributed by atoms with Crippen LogP contribution in [-0.2, 0) is 4.74 Å². The van der Waals surface area contributed by atoms with E-state index >= 15 is 0 Å². The highest BCUT2D eigenvalue weighted by atomic mass is 79.9. The molecule has 0 fully saturated rings. The van der Waals surface area contributed by atoms with E-state index in [1.807, 2.05) is 18.2 Å². The first-order valence-corrected chi connectivity index (χ1v) is 5.47. The molecule has 1 aromatic rings. The summed E-state index contributed by atoms with van der Waals surface area (Å²) in [6.07, 6.45) is 0. The van der Waals surface area contributed by atoms with E-state index in [-0.39, 0.29) is 17.9 Å². The van der Waals surface area contributed by atoms with Gasteiger partial charge in [0.2, 0.25) is 0 Å². The molecule has 0 saturated carbocycles. The van der Waals surface area contributed by atoms with Crippen molar-refractivity contribution in [1.29, 1.82) is 10.5 Å². The van der Waals surface area contributed by atoms with E-state index in [2.05, 4.69) is 15.9 Å². The summed E-state index contributed by atoms with van der Waals surface area (Å²) in [4.78, 5) is 0. The topological polar surface area (TPSA) is 66.0 Å². The highest BCUT2D eigenvalue weighted by Gasteiger charge is 2.08. The SMILES string of the molecule is COC(COc1ccccc1Br)=C(C#N)C#N. The number of benzene rings is 1. The summed E-state index contributed by atoms with van der Waals surface area (Å²) in [5, 5.41) is 17.4. The van der Waals surface area contributed by atoms with Gasteiger partial charge in [0.25, 0.3) is 0 Å². The largest absolute Gasteiger partial charge is 0.495 e. The average molecular weight is 293 g/mol. The fourth-order valence-electron chi connectivity index (χ4n) is 1.09. The molecular formula is C12H9BrN2O2. The van der Waals surface area contributed by atoms with Crippen molar-refractivity contribution in [2.45, 2.75) is 0 Å². The Morgan fingerprint density at radius 3 is 2.47 bits per heavy atom. The third kappa shape index (κ3) is 3.51. The predicted octanol–water partition coefficient (Wildman–Crippen LogP) is 2.78. The maximum atomic E-state index is 8.70. The van der Waals surface area contributed by atoms with Gasteiger partial charge in [-0.05, 0) is 28.1 Å². The van der Waals surface area contributed by atoms with E-state index < -0.39 is 0 Å². The van der Waals surface area contributed by atoms with E-state index in [9.17, 15) is 0 Å². The monoisotopic (exact) mass is 292 g/mol. The van der Waals surface area contributed by atoms with E-state index in [4.69, 9.17) is 20.0 Å². The van der Waals surface area contributed by atoms with Crippen LogP contribution in [-0.4, -0.2) is 13.7 Å². The maximum absolute atomic E-state index is 8.70. The number of para-hydroxylation sites is 1. The molecule has 17 heavy (non-hydrogen) atoms. The number of rotatable bonds is 4. The lowest BCUT2D eigenvalue weighted by atomic mass is 10.3. The van der Waals surface area contributed by atoms with E-state index in [1.54, 1.807) is 18.2 Å². The Bertz CT molecular complexity index is 496. The van der Waals surface area contributed by atoms with Crippen molar-refractivity contribution >= 4 is 15.9 Å². The van der Waals surface area contributed by atoms with Gasteiger partial charge in [0, 0.05) is 0 Å². The summed E-state index contributed by atoms with van der Waals surface area (Å²) in [7, 11) is 1.40. The van der Waals surface area contributed by atoms with Crippen LogP contribution in [0.3, 0.4) is 0 Å². The number of hydrogen-bond donors (Lipinski definition) is 0. The van der Waals surface area contributed by atoms with Gasteiger partial charge in [-0.15, -0.1) is 0 Å². The minimum absolute atomic E-state index is 0.0373. The molecule has 0 spiro atoms. The first kappa shape index (κ1) is 13.1. The Balaban J connectivity index is 2.81. The molecule has 0 saturated heterocycles. The smallest absolute Gasteiger partial charge is 0.170 e. The lowest BCUT2D eigenvalue weighted by Crippen LogP contribution is -2.05. The van der Waals surface area contributed by atoms with Crippen LogP contribution in [0, 0.1) is 22.7 Å². The number of halogens is 1. The van der Waals surface area contributed by atoms with Crippen LogP contribution in [0.15, 0.2) is 40.1 Å². The van der Waals surface area contributed by atoms with Gasteiger partial charge in [-0.3, -0.25) is 0 Å². The molecule has 0 atom stereocenters. The van der Waals surface area contributed by atoms with Crippen molar-refractivity contribution in [2.24, 2.45) is 0 Å². The number of nitriles is 2. The number of ether oxygens (including phenoxy) is 2. The quantitative estimate of drug-likeness (QED) is 0.632. The van der Waals surface area contributed by atoms with E-state index in [0.717, 1.165) is 4.47 Å². The molecule has 0 aliphatic heterocycles. The average Bonchev–Trinajstić information content (AvgIpc) is 2.36. The molecule has 0 radical (unpaired) electrons. The minimum atomic E-state index is -0.0837. The van der Waals surface area contributed by atoms with Crippen molar-refractivity contribution < 1.29 is 9.47 Å². The zero-order valence-electron chi connectivity index (χ0n) is 9.11. The molecule has 0 bridgehead atoms. The summed E-state index contributed by atoms with van der Waals surface area (Å²) < 4.78 is 11.2. The molecule has 4 nitrogen and oxygen atoms in total. The normalized spacial score (nSPS) is 8.71. The number of methoxy groups -OCH3 is 1. The van der Waals surface area contributed by atoms with Gasteiger partial charge >= 0.3 is 0 Å². The predicted molar refractivity (Wildman–Crippen MR) is 64.9 cm³/mol. The van der Waals surface area contributed by atoms with Crippen molar-refractivity contribution in [3.63, 3.8) is 0 Å². The zero-order chi connectivity index (χ0) is 12.7. The van der Waals surface area contributed by atoms with Crippen LogP contribution < -0.4 is 4.74 Å². The van der Waals surface area contributed by atoms with Crippen molar-refractivity contribution in [1.82, 2.24) is 0 Å². The maximum Gasteiger partial charge on any atom is 0.170 e. The van der Waals surface area contributed by atoms with Crippen LogP contribution in [0.1, 0.15) is 0 Å². The van der Waals surface area contributed by atoms with E-state index in [1.165, 1.54) is 7.11 Å². The Labute approximate surface area is 108 Å². The second kappa shape index (κ2) is 6.57. The molecule has 0 amide bonds. The number of allylic oxidation sites excluding steroid dienone is 1. The summed E-state index contributed by atoms with van der Waals surface area (Å²) in [5.74, 6) is 0.836. The summed E-state index contributed by atoms with van der Waals surface area (Å²) in [6, 6.07) is 10.8. The fraction of sp³-hybridized carbons (Fsp3) is 0.167. The van der Waals surface area contributed by atoms with Crippen LogP contribution in [0.25, 0.3) is 0 Å².